The molecule has 0 saturated heterocycles. The van der Waals surface area contributed by atoms with Crippen LogP contribution in [0.15, 0.2) is 23.9 Å². The fourth-order valence-electron chi connectivity index (χ4n) is 1.76. The lowest BCUT2D eigenvalue weighted by molar-refractivity contribution is -0.116. The van der Waals surface area contributed by atoms with Gasteiger partial charge in [-0.1, -0.05) is 11.6 Å². The van der Waals surface area contributed by atoms with Crippen molar-refractivity contribution in [2.24, 2.45) is 0 Å². The number of benzene rings is 1. The molecule has 1 rings (SSSR count). The van der Waals surface area contributed by atoms with Crippen LogP contribution < -0.4 is 10.6 Å². The van der Waals surface area contributed by atoms with E-state index in [9.17, 15) is 9.59 Å². The first-order chi connectivity index (χ1) is 10.4. The number of hydrogen-bond acceptors (Lipinski definition) is 5. The third-order valence-corrected chi connectivity index (χ3v) is 2.93. The number of carbonyl (C=O) groups excluding carboxylic acids is 2. The normalized spacial score (nSPS) is 10.6. The smallest absolute Gasteiger partial charge is 0.414 e. The van der Waals surface area contributed by atoms with Crippen molar-refractivity contribution in [3.8, 4) is 6.07 Å². The van der Waals surface area contributed by atoms with Crippen molar-refractivity contribution in [1.29, 1.82) is 5.26 Å². The number of aryl methyl sites for hydroxylation is 2. The summed E-state index contributed by atoms with van der Waals surface area (Å²) in [6, 6.07) is 5.24. The molecule has 116 valence electrons. The van der Waals surface area contributed by atoms with Crippen LogP contribution in [-0.2, 0) is 9.53 Å². The van der Waals surface area contributed by atoms with Gasteiger partial charge in [0.25, 0.3) is 5.91 Å². The van der Waals surface area contributed by atoms with Crippen molar-refractivity contribution in [2.75, 3.05) is 11.9 Å². The molecule has 0 aliphatic heterocycles. The minimum atomic E-state index is -0.896. The zero-order valence-corrected chi connectivity index (χ0v) is 13.2. The number of carbonyl (C=O) groups is 2. The third-order valence-electron chi connectivity index (χ3n) is 2.71. The quantitative estimate of drug-likeness (QED) is 0.657. The van der Waals surface area contributed by atoms with Gasteiger partial charge in [0.15, 0.2) is 0 Å². The number of hydrogen-bond donors (Lipinski definition) is 2. The number of alkyl carbamates (subject to hydrolysis) is 1. The summed E-state index contributed by atoms with van der Waals surface area (Å²) in [4.78, 5) is 22.9. The summed E-state index contributed by atoms with van der Waals surface area (Å²) in [5.41, 5.74) is 2.22. The maximum atomic E-state index is 11.7. The number of anilines is 1. The second-order valence-electron chi connectivity index (χ2n) is 4.40. The fourth-order valence-corrected chi connectivity index (χ4v) is 2.09. The van der Waals surface area contributed by atoms with Gasteiger partial charge in [-0.15, -0.1) is 0 Å². The van der Waals surface area contributed by atoms with Crippen molar-refractivity contribution in [2.45, 2.75) is 20.8 Å². The van der Waals surface area contributed by atoms with Crippen LogP contribution in [0.5, 0.6) is 0 Å². The van der Waals surface area contributed by atoms with Crippen LogP contribution in [0.3, 0.4) is 0 Å². The first-order valence-corrected chi connectivity index (χ1v) is 6.88. The van der Waals surface area contributed by atoms with Gasteiger partial charge < -0.3 is 10.1 Å². The van der Waals surface area contributed by atoms with Gasteiger partial charge in [0.05, 0.1) is 6.61 Å². The highest BCUT2D eigenvalue weighted by Crippen LogP contribution is 2.24. The Balaban J connectivity index is 2.89. The van der Waals surface area contributed by atoms with Crippen LogP contribution >= 0.6 is 11.6 Å². The molecule has 7 heteroatoms. The number of nitriles is 1. The Hall–Kier alpha value is -2.52. The second kappa shape index (κ2) is 8.05. The maximum absolute atomic E-state index is 11.7. The van der Waals surface area contributed by atoms with Gasteiger partial charge in [-0.2, -0.15) is 5.26 Å². The van der Waals surface area contributed by atoms with Crippen LogP contribution in [0.1, 0.15) is 18.1 Å². The van der Waals surface area contributed by atoms with E-state index in [-0.39, 0.29) is 12.2 Å². The number of imide groups is 1. The molecule has 0 fully saturated rings. The van der Waals surface area contributed by atoms with E-state index in [2.05, 4.69) is 10.1 Å². The molecule has 0 radical (unpaired) electrons. The Labute approximate surface area is 133 Å². The number of amides is 2. The maximum Gasteiger partial charge on any atom is 0.414 e. The van der Waals surface area contributed by atoms with E-state index in [0.29, 0.717) is 5.02 Å². The summed E-state index contributed by atoms with van der Waals surface area (Å²) in [6.45, 7) is 5.43. The van der Waals surface area contributed by atoms with E-state index >= 15 is 0 Å². The standard InChI is InChI=1S/C15H16ClN3O3/c1-4-22-15(21)19-14(20)11(7-17)8-18-13-9(2)5-12(16)6-10(13)3/h5-6,8,18H,4H2,1-3H3,(H,19,20,21). The van der Waals surface area contributed by atoms with Gasteiger partial charge in [0.2, 0.25) is 0 Å². The molecule has 0 bridgehead atoms. The minimum absolute atomic E-state index is 0.131. The first kappa shape index (κ1) is 17.5. The summed E-state index contributed by atoms with van der Waals surface area (Å²) in [7, 11) is 0. The predicted octanol–water partition coefficient (Wildman–Crippen LogP) is 3.05. The molecule has 0 saturated carbocycles. The molecular weight excluding hydrogens is 306 g/mol. The van der Waals surface area contributed by atoms with E-state index in [4.69, 9.17) is 16.9 Å². The fraction of sp³-hybridized carbons (Fsp3) is 0.267. The second-order valence-corrected chi connectivity index (χ2v) is 4.84. The highest BCUT2D eigenvalue weighted by Gasteiger charge is 2.13. The molecule has 2 N–H and O–H groups in total. The number of nitrogens with one attached hydrogen (secondary N) is 2. The predicted molar refractivity (Wildman–Crippen MR) is 83.4 cm³/mol. The van der Waals surface area contributed by atoms with Gasteiger partial charge in [0, 0.05) is 16.9 Å². The summed E-state index contributed by atoms with van der Waals surface area (Å²) < 4.78 is 4.58. The lowest BCUT2D eigenvalue weighted by atomic mass is 10.1. The van der Waals surface area contributed by atoms with E-state index < -0.39 is 12.0 Å². The Morgan fingerprint density at radius 3 is 2.45 bits per heavy atom. The molecule has 2 amide bonds. The van der Waals surface area contributed by atoms with Crippen LogP contribution in [0, 0.1) is 25.2 Å². The van der Waals surface area contributed by atoms with Crippen molar-refractivity contribution < 1.29 is 14.3 Å². The van der Waals surface area contributed by atoms with Crippen LogP contribution in [0.25, 0.3) is 0 Å². The minimum Gasteiger partial charge on any atom is -0.450 e. The molecule has 1 aromatic rings. The van der Waals surface area contributed by atoms with Gasteiger partial charge in [0.1, 0.15) is 11.6 Å². The van der Waals surface area contributed by atoms with E-state index in [1.54, 1.807) is 25.1 Å². The molecule has 0 aliphatic rings. The summed E-state index contributed by atoms with van der Waals surface area (Å²) in [6.07, 6.45) is 0.338. The molecule has 22 heavy (non-hydrogen) atoms. The molecule has 0 heterocycles. The zero-order valence-electron chi connectivity index (χ0n) is 12.5. The monoisotopic (exact) mass is 321 g/mol. The van der Waals surface area contributed by atoms with Crippen molar-refractivity contribution in [3.63, 3.8) is 0 Å². The third kappa shape index (κ3) is 4.79. The molecule has 6 nitrogen and oxygen atoms in total. The van der Waals surface area contributed by atoms with Crippen molar-refractivity contribution >= 4 is 29.3 Å². The number of ether oxygens (including phenoxy) is 1. The van der Waals surface area contributed by atoms with Gasteiger partial charge >= 0.3 is 6.09 Å². The molecule has 0 aliphatic carbocycles. The molecule has 0 aromatic heterocycles. The van der Waals surface area contributed by atoms with Crippen LogP contribution in [0.2, 0.25) is 5.02 Å². The average Bonchev–Trinajstić information content (AvgIpc) is 2.41. The molecular formula is C15H16ClN3O3. The lowest BCUT2D eigenvalue weighted by Crippen LogP contribution is -2.32. The van der Waals surface area contributed by atoms with Gasteiger partial charge in [-0.25, -0.2) is 4.79 Å². The summed E-state index contributed by atoms with van der Waals surface area (Å²) in [5.74, 6) is -0.835. The Kier molecular flexibility index (Phi) is 6.42. The number of rotatable bonds is 4. The van der Waals surface area contributed by atoms with Gasteiger partial charge in [-0.05, 0) is 44.0 Å². The summed E-state index contributed by atoms with van der Waals surface area (Å²) in [5, 5.41) is 14.5. The Morgan fingerprint density at radius 2 is 1.95 bits per heavy atom. The van der Waals surface area contributed by atoms with E-state index in [0.717, 1.165) is 16.8 Å². The SMILES string of the molecule is CCOC(=O)NC(=O)C(C#N)=CNc1c(C)cc(Cl)cc1C. The largest absolute Gasteiger partial charge is 0.450 e. The molecule has 0 atom stereocenters. The number of nitrogens with zero attached hydrogens (tertiary/aromatic N) is 1. The first-order valence-electron chi connectivity index (χ1n) is 6.50. The topological polar surface area (TPSA) is 91.2 Å². The van der Waals surface area contributed by atoms with Crippen molar-refractivity contribution in [1.82, 2.24) is 5.32 Å². The zero-order chi connectivity index (χ0) is 16.7. The lowest BCUT2D eigenvalue weighted by Gasteiger charge is -2.10. The molecule has 1 aromatic carbocycles. The average molecular weight is 322 g/mol. The Morgan fingerprint density at radius 1 is 1.36 bits per heavy atom. The Bertz CT molecular complexity index is 639. The molecule has 0 spiro atoms. The van der Waals surface area contributed by atoms with Gasteiger partial charge in [-0.3, -0.25) is 10.1 Å². The van der Waals surface area contributed by atoms with Crippen LogP contribution in [-0.4, -0.2) is 18.6 Å². The highest BCUT2D eigenvalue weighted by molar-refractivity contribution is 6.30. The van der Waals surface area contributed by atoms with Crippen LogP contribution in [0.4, 0.5) is 10.5 Å². The molecule has 0 unspecified atom stereocenters. The van der Waals surface area contributed by atoms with E-state index in [1.807, 2.05) is 19.2 Å². The number of halogens is 1. The van der Waals surface area contributed by atoms with E-state index in [1.165, 1.54) is 6.20 Å². The highest BCUT2D eigenvalue weighted by atomic mass is 35.5. The van der Waals surface area contributed by atoms with Crippen molar-refractivity contribution in [3.05, 3.63) is 40.1 Å². The summed E-state index contributed by atoms with van der Waals surface area (Å²) >= 11 is 5.94.